The van der Waals surface area contributed by atoms with Crippen LogP contribution in [0.15, 0.2) is 60.7 Å². The van der Waals surface area contributed by atoms with Gasteiger partial charge in [-0.15, -0.1) is 0 Å². The monoisotopic (exact) mass is 340 g/mol. The van der Waals surface area contributed by atoms with Crippen LogP contribution in [0.4, 0.5) is 0 Å². The van der Waals surface area contributed by atoms with Gasteiger partial charge in [0.15, 0.2) is 0 Å². The lowest BCUT2D eigenvalue weighted by atomic mass is 9.96. The Bertz CT molecular complexity index is 550. The number of nitrogens with one attached hydrogen (secondary N) is 1. The normalized spacial score (nSPS) is 16.2. The quantitative estimate of drug-likeness (QED) is 0.675. The molecule has 0 amide bonds. The first-order chi connectivity index (χ1) is 11.8. The molecule has 1 nitrogen and oxygen atoms in total. The molecule has 1 saturated carbocycles. The smallest absolute Gasteiger partial charge is 0.145 e. The number of hydrogen-bond donors (Lipinski definition) is 1. The lowest BCUT2D eigenvalue weighted by Gasteiger charge is -2.33. The predicted octanol–water partition coefficient (Wildman–Crippen LogP) is 5.29. The Balaban J connectivity index is 2.01. The molecule has 0 unspecified atom stereocenters. The van der Waals surface area contributed by atoms with Gasteiger partial charge in [0.25, 0.3) is 0 Å². The highest BCUT2D eigenvalue weighted by molar-refractivity contribution is 7.87. The van der Waals surface area contributed by atoms with Crippen molar-refractivity contribution in [1.29, 1.82) is 0 Å². The van der Waals surface area contributed by atoms with Crippen LogP contribution >= 0.6 is 7.41 Å². The summed E-state index contributed by atoms with van der Waals surface area (Å²) in [5.41, 5.74) is 0. The maximum absolute atomic E-state index is 4.25. The predicted molar refractivity (Wildman–Crippen MR) is 109 cm³/mol. The highest BCUT2D eigenvalue weighted by Crippen LogP contribution is 2.54. The highest BCUT2D eigenvalue weighted by atomic mass is 31.2. The Kier molecular flexibility index (Phi) is 6.46. The molecule has 0 aliphatic heterocycles. The van der Waals surface area contributed by atoms with E-state index in [0.717, 1.165) is 0 Å². The van der Waals surface area contributed by atoms with E-state index < -0.39 is 7.41 Å². The van der Waals surface area contributed by atoms with Crippen LogP contribution in [0.5, 0.6) is 0 Å². The van der Waals surface area contributed by atoms with Gasteiger partial charge >= 0.3 is 0 Å². The van der Waals surface area contributed by atoms with Crippen LogP contribution in [0, 0.1) is 0 Å². The Labute approximate surface area is 148 Å². The maximum atomic E-state index is 4.25. The fourth-order valence-electron chi connectivity index (χ4n) is 3.92. The number of benzene rings is 2. The van der Waals surface area contributed by atoms with E-state index in [-0.39, 0.29) is 0 Å². The minimum atomic E-state index is -1.54. The van der Waals surface area contributed by atoms with E-state index >= 15 is 0 Å². The van der Waals surface area contributed by atoms with Gasteiger partial charge in [0.2, 0.25) is 0 Å². The Hall–Kier alpha value is -1.17. The third-order valence-corrected chi connectivity index (χ3v) is 9.40. The summed E-state index contributed by atoms with van der Waals surface area (Å²) in [6, 6.07) is 23.2. The number of rotatable bonds is 7. The van der Waals surface area contributed by atoms with E-state index in [1.54, 1.807) is 0 Å². The van der Waals surface area contributed by atoms with E-state index in [0.29, 0.717) is 6.04 Å². The molecule has 2 aromatic carbocycles. The van der Waals surface area contributed by atoms with Crippen LogP contribution < -0.4 is 15.7 Å². The van der Waals surface area contributed by atoms with E-state index in [1.165, 1.54) is 61.7 Å². The van der Waals surface area contributed by atoms with Crippen molar-refractivity contribution in [3.63, 3.8) is 0 Å². The molecular weight excluding hydrogens is 309 g/mol. The van der Waals surface area contributed by atoms with Crippen LogP contribution in [-0.2, 0) is 0 Å². The second-order valence-electron chi connectivity index (χ2n) is 7.02. The van der Waals surface area contributed by atoms with Crippen molar-refractivity contribution < 1.29 is 0 Å². The van der Waals surface area contributed by atoms with Crippen LogP contribution in [-0.4, -0.2) is 12.2 Å². The van der Waals surface area contributed by atoms with Crippen molar-refractivity contribution in [2.75, 3.05) is 6.16 Å². The van der Waals surface area contributed by atoms with Crippen molar-refractivity contribution >= 4 is 18.0 Å². The summed E-state index contributed by atoms with van der Waals surface area (Å²) in [6.07, 6.45) is 10.7. The fraction of sp³-hybridized carbons (Fsp3) is 0.455. The summed E-state index contributed by atoms with van der Waals surface area (Å²) in [5.74, 6) is 0. The standard InChI is InChI=1S/C22H31NP/c1-2-3-19-24(21-15-9-5-10-16-21,22-17-11-6-12-18-22)23-20-13-7-4-8-14-20/h5-6,9-12,15-18,20,23H,2-4,7-8,13-14,19H2,1H3/q+1. The average Bonchev–Trinajstić information content (AvgIpc) is 2.67. The molecule has 1 fully saturated rings. The summed E-state index contributed by atoms with van der Waals surface area (Å²) in [7, 11) is -1.54. The zero-order valence-electron chi connectivity index (χ0n) is 15.0. The molecule has 0 aromatic heterocycles. The van der Waals surface area contributed by atoms with E-state index in [4.69, 9.17) is 0 Å². The van der Waals surface area contributed by atoms with Crippen LogP contribution in [0.1, 0.15) is 51.9 Å². The zero-order chi connectivity index (χ0) is 16.7. The van der Waals surface area contributed by atoms with Gasteiger partial charge in [-0.05, 0) is 43.5 Å². The minimum Gasteiger partial charge on any atom is -0.180 e. The molecule has 0 atom stereocenters. The molecular formula is C22H31NP+. The van der Waals surface area contributed by atoms with Crippen molar-refractivity contribution in [3.05, 3.63) is 60.7 Å². The second kappa shape index (κ2) is 8.79. The molecule has 1 aliphatic rings. The third-order valence-electron chi connectivity index (χ3n) is 5.25. The molecule has 0 bridgehead atoms. The lowest BCUT2D eigenvalue weighted by molar-refractivity contribution is 0.420. The summed E-state index contributed by atoms with van der Waals surface area (Å²) in [5, 5.41) is 7.29. The van der Waals surface area contributed by atoms with E-state index in [9.17, 15) is 0 Å². The van der Waals surface area contributed by atoms with Crippen LogP contribution in [0.3, 0.4) is 0 Å². The van der Waals surface area contributed by atoms with Gasteiger partial charge in [-0.3, -0.25) is 0 Å². The highest BCUT2D eigenvalue weighted by Gasteiger charge is 2.44. The van der Waals surface area contributed by atoms with E-state index in [1.807, 2.05) is 0 Å². The Morgan fingerprint density at radius 2 is 1.38 bits per heavy atom. The fourth-order valence-corrected chi connectivity index (χ4v) is 8.20. The number of unbranched alkanes of at least 4 members (excludes halogenated alkanes) is 1. The molecule has 3 rings (SSSR count). The molecule has 1 aliphatic carbocycles. The van der Waals surface area contributed by atoms with Gasteiger partial charge in [-0.25, -0.2) is 0 Å². The first-order valence-corrected chi connectivity index (χ1v) is 11.6. The maximum Gasteiger partial charge on any atom is 0.145 e. The van der Waals surface area contributed by atoms with Gasteiger partial charge in [-0.2, -0.15) is 5.09 Å². The molecule has 0 heterocycles. The van der Waals surface area contributed by atoms with Crippen LogP contribution in [0.25, 0.3) is 0 Å². The van der Waals surface area contributed by atoms with E-state index in [2.05, 4.69) is 72.7 Å². The first kappa shape index (κ1) is 17.6. The van der Waals surface area contributed by atoms with Gasteiger partial charge in [-0.1, -0.05) is 69.0 Å². The van der Waals surface area contributed by atoms with Crippen LogP contribution in [0.2, 0.25) is 0 Å². The molecule has 24 heavy (non-hydrogen) atoms. The molecule has 0 radical (unpaired) electrons. The first-order valence-electron chi connectivity index (χ1n) is 9.62. The van der Waals surface area contributed by atoms with Crippen molar-refractivity contribution in [2.24, 2.45) is 0 Å². The Morgan fingerprint density at radius 3 is 1.88 bits per heavy atom. The minimum absolute atomic E-state index is 0.685. The zero-order valence-corrected chi connectivity index (χ0v) is 15.8. The van der Waals surface area contributed by atoms with Crippen molar-refractivity contribution in [3.8, 4) is 0 Å². The average molecular weight is 340 g/mol. The van der Waals surface area contributed by atoms with Crippen molar-refractivity contribution in [1.82, 2.24) is 5.09 Å². The van der Waals surface area contributed by atoms with Gasteiger partial charge in [0.05, 0.1) is 6.16 Å². The molecule has 2 heteroatoms. The molecule has 128 valence electrons. The van der Waals surface area contributed by atoms with Gasteiger partial charge in [0, 0.05) is 6.04 Å². The summed E-state index contributed by atoms with van der Waals surface area (Å²) >= 11 is 0. The summed E-state index contributed by atoms with van der Waals surface area (Å²) in [6.45, 7) is 2.31. The SMILES string of the molecule is CCCC[P+](NC1CCCCC1)(c1ccccc1)c1ccccc1. The molecule has 2 aromatic rings. The Morgan fingerprint density at radius 1 is 0.833 bits per heavy atom. The van der Waals surface area contributed by atoms with Crippen molar-refractivity contribution in [2.45, 2.75) is 57.9 Å². The second-order valence-corrected chi connectivity index (χ2v) is 10.4. The summed E-state index contributed by atoms with van der Waals surface area (Å²) < 4.78 is 0. The van der Waals surface area contributed by atoms with Gasteiger partial charge < -0.3 is 0 Å². The van der Waals surface area contributed by atoms with Gasteiger partial charge in [0.1, 0.15) is 18.0 Å². The molecule has 0 spiro atoms. The summed E-state index contributed by atoms with van der Waals surface area (Å²) in [4.78, 5) is 0. The largest absolute Gasteiger partial charge is 0.180 e. The number of hydrogen-bond acceptors (Lipinski definition) is 1. The third kappa shape index (κ3) is 4.08. The lowest BCUT2D eigenvalue weighted by Crippen LogP contribution is -2.41. The molecule has 0 saturated heterocycles. The topological polar surface area (TPSA) is 12.0 Å². The molecule has 1 N–H and O–H groups in total.